The summed E-state index contributed by atoms with van der Waals surface area (Å²) in [4.78, 5) is 3.98. The molecule has 22 heavy (non-hydrogen) atoms. The van der Waals surface area contributed by atoms with Gasteiger partial charge in [0.1, 0.15) is 23.1 Å². The number of nitriles is 1. The number of rotatable bonds is 3. The van der Waals surface area contributed by atoms with Gasteiger partial charge >= 0.3 is 0 Å². The van der Waals surface area contributed by atoms with E-state index >= 15 is 0 Å². The highest BCUT2D eigenvalue weighted by Gasteiger charge is 2.29. The first kappa shape index (κ1) is 15.0. The van der Waals surface area contributed by atoms with Crippen molar-refractivity contribution in [3.63, 3.8) is 0 Å². The molecular weight excluding hydrogens is 326 g/mol. The van der Waals surface area contributed by atoms with Crippen LogP contribution in [0.2, 0.25) is 5.02 Å². The highest BCUT2D eigenvalue weighted by atomic mass is 35.5. The lowest BCUT2D eigenvalue weighted by Crippen LogP contribution is -2.33. The first-order valence-electron chi connectivity index (χ1n) is 6.61. The van der Waals surface area contributed by atoms with Crippen molar-refractivity contribution in [1.29, 1.82) is 5.26 Å². The van der Waals surface area contributed by atoms with Crippen LogP contribution in [0.1, 0.15) is 30.3 Å². The van der Waals surface area contributed by atoms with Gasteiger partial charge in [-0.15, -0.1) is 0 Å². The molecule has 1 unspecified atom stereocenters. The van der Waals surface area contributed by atoms with Gasteiger partial charge in [0.15, 0.2) is 0 Å². The number of hydrogen-bond donors (Lipinski definition) is 1. The number of sulfonamides is 1. The van der Waals surface area contributed by atoms with E-state index in [0.717, 1.165) is 6.42 Å². The Bertz CT molecular complexity index is 856. The van der Waals surface area contributed by atoms with E-state index in [0.29, 0.717) is 18.8 Å². The van der Waals surface area contributed by atoms with Crippen molar-refractivity contribution in [2.24, 2.45) is 0 Å². The molecule has 0 fully saturated rings. The van der Waals surface area contributed by atoms with Crippen molar-refractivity contribution in [2.45, 2.75) is 30.3 Å². The van der Waals surface area contributed by atoms with Gasteiger partial charge in [0, 0.05) is 11.6 Å². The lowest BCUT2D eigenvalue weighted by molar-refractivity contribution is 0.400. The summed E-state index contributed by atoms with van der Waals surface area (Å²) < 4.78 is 29.4. The molecule has 2 aromatic rings. The van der Waals surface area contributed by atoms with Gasteiger partial charge in [-0.05, 0) is 31.0 Å². The number of nitrogens with zero attached hydrogens (tertiary/aromatic N) is 4. The van der Waals surface area contributed by atoms with E-state index in [1.54, 1.807) is 4.68 Å². The minimum Gasteiger partial charge on any atom is -0.248 e. The maximum Gasteiger partial charge on any atom is 0.242 e. The number of benzene rings is 1. The standard InChI is InChI=1S/C13H12ClN5O2S/c14-10-4-3-9(7-15)12(6-10)22(20,21)18-11-2-1-5-19-13(11)16-8-17-19/h3-4,6,8,11,18H,1-2,5H2. The van der Waals surface area contributed by atoms with Crippen LogP contribution in [-0.2, 0) is 16.6 Å². The average molecular weight is 338 g/mol. The van der Waals surface area contributed by atoms with Crippen molar-refractivity contribution in [3.05, 3.63) is 40.9 Å². The molecule has 0 saturated heterocycles. The van der Waals surface area contributed by atoms with Gasteiger partial charge in [0.05, 0.1) is 11.6 Å². The van der Waals surface area contributed by atoms with Gasteiger partial charge in [-0.2, -0.15) is 10.4 Å². The zero-order valence-corrected chi connectivity index (χ0v) is 13.0. The third-order valence-electron chi connectivity index (χ3n) is 3.47. The van der Waals surface area contributed by atoms with Crippen LogP contribution in [0.4, 0.5) is 0 Å². The summed E-state index contributed by atoms with van der Waals surface area (Å²) in [5.41, 5.74) is 0.0502. The third kappa shape index (κ3) is 2.70. The minimum atomic E-state index is -3.88. The van der Waals surface area contributed by atoms with Crippen LogP contribution >= 0.6 is 11.6 Å². The second-order valence-electron chi connectivity index (χ2n) is 4.91. The molecule has 114 valence electrons. The second-order valence-corrected chi connectivity index (χ2v) is 7.03. The Balaban J connectivity index is 1.97. The van der Waals surface area contributed by atoms with E-state index in [-0.39, 0.29) is 15.5 Å². The van der Waals surface area contributed by atoms with Crippen LogP contribution in [0.3, 0.4) is 0 Å². The maximum atomic E-state index is 12.6. The van der Waals surface area contributed by atoms with E-state index in [1.807, 2.05) is 6.07 Å². The summed E-state index contributed by atoms with van der Waals surface area (Å²) in [5.74, 6) is 0.579. The van der Waals surface area contributed by atoms with E-state index in [2.05, 4.69) is 14.8 Å². The van der Waals surface area contributed by atoms with Crippen LogP contribution in [0.25, 0.3) is 0 Å². The molecule has 1 aliphatic rings. The Morgan fingerprint density at radius 3 is 3.05 bits per heavy atom. The fourth-order valence-electron chi connectivity index (χ4n) is 2.46. The fourth-order valence-corrected chi connectivity index (χ4v) is 4.11. The summed E-state index contributed by atoms with van der Waals surface area (Å²) in [6.07, 6.45) is 2.83. The Morgan fingerprint density at radius 1 is 1.45 bits per heavy atom. The molecule has 1 aromatic carbocycles. The van der Waals surface area contributed by atoms with Crippen LogP contribution < -0.4 is 4.72 Å². The summed E-state index contributed by atoms with van der Waals surface area (Å²) >= 11 is 5.86. The summed E-state index contributed by atoms with van der Waals surface area (Å²) in [6, 6.07) is 5.55. The molecule has 1 aliphatic heterocycles. The summed E-state index contributed by atoms with van der Waals surface area (Å²) in [7, 11) is -3.88. The molecule has 1 atom stereocenters. The highest BCUT2D eigenvalue weighted by molar-refractivity contribution is 7.89. The molecular formula is C13H12ClN5O2S. The molecule has 3 rings (SSSR count). The highest BCUT2D eigenvalue weighted by Crippen LogP contribution is 2.26. The quantitative estimate of drug-likeness (QED) is 0.917. The molecule has 1 N–H and O–H groups in total. The Hall–Kier alpha value is -1.95. The van der Waals surface area contributed by atoms with E-state index < -0.39 is 16.1 Å². The lowest BCUT2D eigenvalue weighted by Gasteiger charge is -2.23. The number of nitrogens with one attached hydrogen (secondary N) is 1. The average Bonchev–Trinajstić information content (AvgIpc) is 2.96. The predicted octanol–water partition coefficient (Wildman–Crippen LogP) is 1.62. The van der Waals surface area contributed by atoms with Crippen LogP contribution in [-0.4, -0.2) is 23.2 Å². The minimum absolute atomic E-state index is 0.0502. The summed E-state index contributed by atoms with van der Waals surface area (Å²) in [5, 5.41) is 13.4. The monoisotopic (exact) mass is 337 g/mol. The van der Waals surface area contributed by atoms with Crippen LogP contribution in [0, 0.1) is 11.3 Å². The van der Waals surface area contributed by atoms with Gasteiger partial charge in [-0.25, -0.2) is 22.8 Å². The second kappa shape index (κ2) is 5.68. The number of aryl methyl sites for hydroxylation is 1. The van der Waals surface area contributed by atoms with E-state index in [1.165, 1.54) is 24.5 Å². The van der Waals surface area contributed by atoms with Crippen LogP contribution in [0.5, 0.6) is 0 Å². The molecule has 9 heteroatoms. The number of aromatic nitrogens is 3. The van der Waals surface area contributed by atoms with Crippen molar-refractivity contribution in [3.8, 4) is 6.07 Å². The molecule has 0 radical (unpaired) electrons. The van der Waals surface area contributed by atoms with E-state index in [9.17, 15) is 8.42 Å². The van der Waals surface area contributed by atoms with Crippen molar-refractivity contribution in [2.75, 3.05) is 0 Å². The number of fused-ring (bicyclic) bond motifs is 1. The largest absolute Gasteiger partial charge is 0.248 e. The van der Waals surface area contributed by atoms with Crippen molar-refractivity contribution >= 4 is 21.6 Å². The van der Waals surface area contributed by atoms with Gasteiger partial charge in [0.2, 0.25) is 10.0 Å². The van der Waals surface area contributed by atoms with E-state index in [4.69, 9.17) is 16.9 Å². The molecule has 0 saturated carbocycles. The number of halogens is 1. The third-order valence-corrected chi connectivity index (χ3v) is 5.22. The smallest absolute Gasteiger partial charge is 0.242 e. The Labute approximate surface area is 132 Å². The molecule has 7 nitrogen and oxygen atoms in total. The molecule has 2 heterocycles. The topological polar surface area (TPSA) is 101 Å². The van der Waals surface area contributed by atoms with Crippen molar-refractivity contribution < 1.29 is 8.42 Å². The Kier molecular flexibility index (Phi) is 3.87. The zero-order valence-electron chi connectivity index (χ0n) is 11.4. The normalized spacial score (nSPS) is 17.7. The molecule has 1 aromatic heterocycles. The number of hydrogen-bond acceptors (Lipinski definition) is 5. The lowest BCUT2D eigenvalue weighted by atomic mass is 10.1. The Morgan fingerprint density at radius 2 is 2.27 bits per heavy atom. The summed E-state index contributed by atoms with van der Waals surface area (Å²) in [6.45, 7) is 0.716. The first-order valence-corrected chi connectivity index (χ1v) is 8.47. The zero-order chi connectivity index (χ0) is 15.7. The van der Waals surface area contributed by atoms with Crippen LogP contribution in [0.15, 0.2) is 29.4 Å². The molecule has 0 bridgehead atoms. The SMILES string of the molecule is N#Cc1ccc(Cl)cc1S(=O)(=O)NC1CCCn2ncnc21. The van der Waals surface area contributed by atoms with Gasteiger partial charge in [-0.1, -0.05) is 11.6 Å². The first-order chi connectivity index (χ1) is 10.5. The fraction of sp³-hybridized carbons (Fsp3) is 0.308. The van der Waals surface area contributed by atoms with Gasteiger partial charge < -0.3 is 0 Å². The van der Waals surface area contributed by atoms with Gasteiger partial charge in [-0.3, -0.25) is 0 Å². The predicted molar refractivity (Wildman–Crippen MR) is 78.5 cm³/mol. The van der Waals surface area contributed by atoms with Gasteiger partial charge in [0.25, 0.3) is 0 Å². The maximum absolute atomic E-state index is 12.6. The molecule has 0 spiro atoms. The molecule has 0 amide bonds. The molecule has 0 aliphatic carbocycles. The van der Waals surface area contributed by atoms with Crippen molar-refractivity contribution in [1.82, 2.24) is 19.5 Å².